The summed E-state index contributed by atoms with van der Waals surface area (Å²) in [6.45, 7) is 0.155. The van der Waals surface area contributed by atoms with Gasteiger partial charge in [0.05, 0.1) is 30.3 Å². The van der Waals surface area contributed by atoms with Crippen LogP contribution in [0.2, 0.25) is 10.0 Å². The molecule has 180 valence electrons. The zero-order valence-electron chi connectivity index (χ0n) is 18.4. The minimum absolute atomic E-state index is 0.0878. The van der Waals surface area contributed by atoms with Gasteiger partial charge in [-0.1, -0.05) is 35.3 Å². The summed E-state index contributed by atoms with van der Waals surface area (Å²) in [5.41, 5.74) is -0.0611. The Bertz CT molecular complexity index is 1240. The van der Waals surface area contributed by atoms with E-state index in [-0.39, 0.29) is 54.6 Å². The number of anilines is 1. The number of nitrogens with zero attached hydrogens (tertiary/aromatic N) is 4. The molecule has 2 aliphatic heterocycles. The van der Waals surface area contributed by atoms with Crippen LogP contribution in [0.4, 0.5) is 10.5 Å². The van der Waals surface area contributed by atoms with E-state index in [2.05, 4.69) is 0 Å². The molecule has 1 unspecified atom stereocenters. The van der Waals surface area contributed by atoms with Crippen molar-refractivity contribution >= 4 is 52.7 Å². The lowest BCUT2D eigenvalue weighted by atomic mass is 9.86. The summed E-state index contributed by atoms with van der Waals surface area (Å²) >= 11 is 12.2. The maximum absolute atomic E-state index is 13.9. The van der Waals surface area contributed by atoms with Crippen molar-refractivity contribution in [3.8, 4) is 6.07 Å². The van der Waals surface area contributed by atoms with Gasteiger partial charge >= 0.3 is 12.0 Å². The molecule has 2 aromatic carbocycles. The molecular formula is C24H20Cl2N4O5. The minimum Gasteiger partial charge on any atom is -0.481 e. The number of urea groups is 1. The van der Waals surface area contributed by atoms with Crippen molar-refractivity contribution in [1.29, 1.82) is 5.26 Å². The molecule has 2 aromatic rings. The molecule has 4 rings (SSSR count). The molecule has 9 nitrogen and oxygen atoms in total. The number of hydrogen-bond acceptors (Lipinski definition) is 5. The maximum Gasteiger partial charge on any atom is 0.332 e. The number of carbonyl (C=O) groups excluding carboxylic acids is 3. The van der Waals surface area contributed by atoms with Crippen molar-refractivity contribution in [3.63, 3.8) is 0 Å². The summed E-state index contributed by atoms with van der Waals surface area (Å²) in [5, 5.41) is 18.6. The fraction of sp³-hybridized carbons (Fsp3) is 0.292. The molecule has 0 aromatic heterocycles. The third kappa shape index (κ3) is 4.67. The Kier molecular flexibility index (Phi) is 6.70. The molecule has 4 amide bonds. The lowest BCUT2D eigenvalue weighted by molar-refractivity contribution is -0.144. The predicted molar refractivity (Wildman–Crippen MR) is 127 cm³/mol. The van der Waals surface area contributed by atoms with Gasteiger partial charge in [0.2, 0.25) is 5.91 Å². The normalized spacial score (nSPS) is 19.5. The van der Waals surface area contributed by atoms with Crippen LogP contribution in [0.3, 0.4) is 0 Å². The number of carboxylic acids is 1. The Hall–Kier alpha value is -3.61. The second-order valence-electron chi connectivity index (χ2n) is 8.43. The number of carbonyl (C=O) groups is 4. The van der Waals surface area contributed by atoms with Crippen molar-refractivity contribution < 1.29 is 24.3 Å². The molecule has 35 heavy (non-hydrogen) atoms. The zero-order valence-corrected chi connectivity index (χ0v) is 19.9. The Morgan fingerprint density at radius 3 is 2.29 bits per heavy atom. The average Bonchev–Trinajstić information content (AvgIpc) is 3.03. The number of imide groups is 1. The number of halogens is 2. The molecule has 1 atom stereocenters. The summed E-state index contributed by atoms with van der Waals surface area (Å²) in [6, 6.07) is 12.5. The number of nitriles is 1. The van der Waals surface area contributed by atoms with E-state index in [0.29, 0.717) is 11.1 Å². The predicted octanol–water partition coefficient (Wildman–Crippen LogP) is 3.32. The Morgan fingerprint density at radius 2 is 1.69 bits per heavy atom. The molecule has 0 saturated carbocycles. The Morgan fingerprint density at radius 1 is 1.03 bits per heavy atom. The van der Waals surface area contributed by atoms with Crippen LogP contribution in [-0.4, -0.2) is 63.9 Å². The standard InChI is InChI=1S/C24H20Cl2N4O5/c25-17-9-18(26)11-19(10-17)30-22(34)24(12-15-1-3-16(13-27)4-2-15)14-28(7-8-29(24)23(30)35)20(31)5-6-21(32)33/h1-4,9-11H,5-8,12,14H2,(H,32,33). The van der Waals surface area contributed by atoms with Gasteiger partial charge in [-0.15, -0.1) is 0 Å². The molecule has 1 N–H and O–H groups in total. The number of amides is 4. The van der Waals surface area contributed by atoms with Gasteiger partial charge < -0.3 is 14.9 Å². The van der Waals surface area contributed by atoms with Gasteiger partial charge in [-0.25, -0.2) is 9.69 Å². The van der Waals surface area contributed by atoms with Crippen LogP contribution < -0.4 is 4.90 Å². The van der Waals surface area contributed by atoms with Gasteiger partial charge in [0.1, 0.15) is 5.54 Å². The molecule has 0 aliphatic carbocycles. The van der Waals surface area contributed by atoms with E-state index in [9.17, 15) is 19.2 Å². The molecule has 0 spiro atoms. The van der Waals surface area contributed by atoms with Crippen molar-refractivity contribution in [3.05, 3.63) is 63.6 Å². The minimum atomic E-state index is -1.42. The van der Waals surface area contributed by atoms with Crippen LogP contribution >= 0.6 is 23.2 Å². The lowest BCUT2D eigenvalue weighted by Crippen LogP contribution is -2.65. The van der Waals surface area contributed by atoms with Crippen molar-refractivity contribution in [1.82, 2.24) is 9.80 Å². The second-order valence-corrected chi connectivity index (χ2v) is 9.30. The number of aliphatic carboxylic acids is 1. The summed E-state index contributed by atoms with van der Waals surface area (Å²) in [5.74, 6) is -2.04. The summed E-state index contributed by atoms with van der Waals surface area (Å²) < 4.78 is 0. The fourth-order valence-electron chi connectivity index (χ4n) is 4.54. The SMILES string of the molecule is N#Cc1ccc(CC23CN(C(=O)CCC(=O)O)CCN2C(=O)N(c2cc(Cl)cc(Cl)c2)C3=O)cc1. The van der Waals surface area contributed by atoms with Crippen LogP contribution in [0.5, 0.6) is 0 Å². The smallest absolute Gasteiger partial charge is 0.332 e. The zero-order chi connectivity index (χ0) is 25.3. The molecule has 2 heterocycles. The van der Waals surface area contributed by atoms with Gasteiger partial charge in [0, 0.05) is 36.0 Å². The largest absolute Gasteiger partial charge is 0.481 e. The van der Waals surface area contributed by atoms with Gasteiger partial charge in [0.25, 0.3) is 5.91 Å². The van der Waals surface area contributed by atoms with Crippen molar-refractivity contribution in [2.75, 3.05) is 24.5 Å². The van der Waals surface area contributed by atoms with Crippen LogP contribution in [0, 0.1) is 11.3 Å². The number of piperazine rings is 1. The maximum atomic E-state index is 13.9. The Labute approximate surface area is 211 Å². The quantitative estimate of drug-likeness (QED) is 0.589. The molecule has 2 aliphatic rings. The van der Waals surface area contributed by atoms with Crippen molar-refractivity contribution in [2.24, 2.45) is 0 Å². The van der Waals surface area contributed by atoms with E-state index in [1.807, 2.05) is 6.07 Å². The molecule has 11 heteroatoms. The number of benzene rings is 2. The number of fused-ring (bicyclic) bond motifs is 1. The monoisotopic (exact) mass is 514 g/mol. The molecule has 0 bridgehead atoms. The third-order valence-corrected chi connectivity index (χ3v) is 6.61. The topological polar surface area (TPSA) is 122 Å². The van der Waals surface area contributed by atoms with E-state index in [1.165, 1.54) is 28.0 Å². The van der Waals surface area contributed by atoms with E-state index in [0.717, 1.165) is 4.90 Å². The first kappa shape index (κ1) is 24.5. The number of hydrogen-bond donors (Lipinski definition) is 1. The first-order valence-corrected chi connectivity index (χ1v) is 11.5. The van der Waals surface area contributed by atoms with Gasteiger partial charge in [-0.3, -0.25) is 14.4 Å². The van der Waals surface area contributed by atoms with Crippen molar-refractivity contribution in [2.45, 2.75) is 24.8 Å². The lowest BCUT2D eigenvalue weighted by Gasteiger charge is -2.44. The van der Waals surface area contributed by atoms with E-state index in [1.54, 1.807) is 24.3 Å². The van der Waals surface area contributed by atoms with E-state index >= 15 is 0 Å². The van der Waals surface area contributed by atoms with E-state index < -0.39 is 29.4 Å². The van der Waals surface area contributed by atoms with Crippen LogP contribution in [0.25, 0.3) is 0 Å². The summed E-state index contributed by atoms with van der Waals surface area (Å²) in [7, 11) is 0. The van der Waals surface area contributed by atoms with E-state index in [4.69, 9.17) is 33.6 Å². The molecular weight excluding hydrogens is 495 g/mol. The highest BCUT2D eigenvalue weighted by Crippen LogP contribution is 2.39. The average molecular weight is 515 g/mol. The summed E-state index contributed by atoms with van der Waals surface area (Å²) in [6.07, 6.45) is -0.448. The highest BCUT2D eigenvalue weighted by molar-refractivity contribution is 6.35. The highest BCUT2D eigenvalue weighted by Gasteiger charge is 2.60. The molecule has 2 fully saturated rings. The van der Waals surface area contributed by atoms with Gasteiger partial charge in [-0.2, -0.15) is 5.26 Å². The van der Waals surface area contributed by atoms with Crippen LogP contribution in [0.1, 0.15) is 24.0 Å². The molecule has 2 saturated heterocycles. The first-order chi connectivity index (χ1) is 16.6. The van der Waals surface area contributed by atoms with Crippen LogP contribution in [-0.2, 0) is 20.8 Å². The number of carboxylic acid groups (broad SMARTS) is 1. The summed E-state index contributed by atoms with van der Waals surface area (Å²) in [4.78, 5) is 55.0. The second kappa shape index (κ2) is 9.56. The third-order valence-electron chi connectivity index (χ3n) is 6.18. The van der Waals surface area contributed by atoms with Gasteiger partial charge in [-0.05, 0) is 35.9 Å². The number of rotatable bonds is 6. The first-order valence-electron chi connectivity index (χ1n) is 10.8. The van der Waals surface area contributed by atoms with Crippen LogP contribution in [0.15, 0.2) is 42.5 Å². The van der Waals surface area contributed by atoms with Gasteiger partial charge in [0.15, 0.2) is 0 Å². The molecule has 0 radical (unpaired) electrons. The highest BCUT2D eigenvalue weighted by atomic mass is 35.5. The fourth-order valence-corrected chi connectivity index (χ4v) is 5.05. The Balaban J connectivity index is 1.74.